The van der Waals surface area contributed by atoms with E-state index in [9.17, 15) is 14.4 Å². The summed E-state index contributed by atoms with van der Waals surface area (Å²) < 4.78 is 0. The number of nitrogens with zero attached hydrogens (tertiary/aromatic N) is 1. The highest BCUT2D eigenvalue weighted by Crippen LogP contribution is 2.23. The quantitative estimate of drug-likeness (QED) is 0.825. The lowest BCUT2D eigenvalue weighted by Crippen LogP contribution is -2.43. The van der Waals surface area contributed by atoms with Crippen LogP contribution in [0.3, 0.4) is 0 Å². The molecule has 0 radical (unpaired) electrons. The van der Waals surface area contributed by atoms with E-state index in [1.807, 2.05) is 0 Å². The molecule has 1 saturated heterocycles. The topological polar surface area (TPSA) is 86.7 Å². The van der Waals surface area contributed by atoms with E-state index in [1.54, 1.807) is 25.1 Å². The first-order valence-electron chi connectivity index (χ1n) is 7.44. The first-order valence-corrected chi connectivity index (χ1v) is 7.82. The second-order valence-electron chi connectivity index (χ2n) is 5.65. The third-order valence-electron chi connectivity index (χ3n) is 3.98. The molecule has 1 aromatic carbocycles. The van der Waals surface area contributed by atoms with Gasteiger partial charge < -0.3 is 15.3 Å². The number of likely N-dealkylation sites (tertiary alicyclic amines) is 1. The average molecular weight is 339 g/mol. The highest BCUT2D eigenvalue weighted by atomic mass is 35.5. The number of hydrogen-bond acceptors (Lipinski definition) is 3. The van der Waals surface area contributed by atoms with Crippen molar-refractivity contribution in [3.8, 4) is 0 Å². The van der Waals surface area contributed by atoms with E-state index in [4.69, 9.17) is 16.7 Å². The van der Waals surface area contributed by atoms with E-state index in [0.717, 1.165) is 5.56 Å². The van der Waals surface area contributed by atoms with E-state index < -0.39 is 17.8 Å². The van der Waals surface area contributed by atoms with Crippen LogP contribution in [0.5, 0.6) is 0 Å². The maximum atomic E-state index is 12.2. The zero-order valence-electron chi connectivity index (χ0n) is 12.8. The van der Waals surface area contributed by atoms with Gasteiger partial charge in [0.05, 0.1) is 5.92 Å². The zero-order valence-corrected chi connectivity index (χ0v) is 13.6. The molecule has 7 heteroatoms. The van der Waals surface area contributed by atoms with Crippen LogP contribution in [0.1, 0.15) is 24.8 Å². The fraction of sp³-hybridized carbons (Fsp3) is 0.438. The number of halogens is 1. The summed E-state index contributed by atoms with van der Waals surface area (Å²) in [5.74, 6) is -2.24. The molecule has 1 aromatic rings. The number of carboxylic acid groups (broad SMARTS) is 1. The molecular weight excluding hydrogens is 320 g/mol. The Morgan fingerprint density at radius 2 is 2.13 bits per heavy atom. The van der Waals surface area contributed by atoms with Gasteiger partial charge in [0.15, 0.2) is 0 Å². The summed E-state index contributed by atoms with van der Waals surface area (Å²) in [6, 6.07) is 5.15. The monoisotopic (exact) mass is 338 g/mol. The number of nitrogens with one attached hydrogen (secondary N) is 1. The molecule has 1 atom stereocenters. The zero-order chi connectivity index (χ0) is 17.0. The Hall–Kier alpha value is -2.08. The van der Waals surface area contributed by atoms with Crippen LogP contribution in [-0.2, 0) is 14.4 Å². The minimum atomic E-state index is -0.901. The van der Waals surface area contributed by atoms with Crippen molar-refractivity contribution in [2.24, 2.45) is 5.92 Å². The van der Waals surface area contributed by atoms with Gasteiger partial charge in [0.1, 0.15) is 6.42 Å². The van der Waals surface area contributed by atoms with E-state index in [1.165, 1.54) is 4.90 Å². The fourth-order valence-electron chi connectivity index (χ4n) is 2.59. The number of piperidine rings is 1. The molecule has 2 rings (SSSR count). The molecule has 0 saturated carbocycles. The molecule has 0 aromatic heterocycles. The number of anilines is 1. The summed E-state index contributed by atoms with van der Waals surface area (Å²) >= 11 is 5.99. The summed E-state index contributed by atoms with van der Waals surface area (Å²) in [5.41, 5.74) is 1.30. The number of benzene rings is 1. The molecular formula is C16H19ClN2O4. The number of carbonyl (C=O) groups excluding carboxylic acids is 2. The van der Waals surface area contributed by atoms with Crippen LogP contribution in [0.15, 0.2) is 18.2 Å². The van der Waals surface area contributed by atoms with E-state index in [0.29, 0.717) is 30.1 Å². The van der Waals surface area contributed by atoms with Gasteiger partial charge in [-0.15, -0.1) is 0 Å². The minimum absolute atomic E-state index is 0.164. The second-order valence-corrected chi connectivity index (χ2v) is 6.06. The lowest BCUT2D eigenvalue weighted by atomic mass is 9.98. The van der Waals surface area contributed by atoms with Crippen LogP contribution in [0.25, 0.3) is 0 Å². The SMILES string of the molecule is Cc1c(Cl)cccc1NC(=O)CC(=O)N1CCCC(C(=O)O)C1. The van der Waals surface area contributed by atoms with Crippen LogP contribution in [-0.4, -0.2) is 40.9 Å². The molecule has 1 heterocycles. The largest absolute Gasteiger partial charge is 0.481 e. The Balaban J connectivity index is 1.93. The fourth-order valence-corrected chi connectivity index (χ4v) is 2.77. The Labute approximate surface area is 139 Å². The molecule has 1 fully saturated rings. The molecule has 6 nitrogen and oxygen atoms in total. The molecule has 124 valence electrons. The minimum Gasteiger partial charge on any atom is -0.481 e. The lowest BCUT2D eigenvalue weighted by molar-refractivity contribution is -0.145. The second kappa shape index (κ2) is 7.46. The van der Waals surface area contributed by atoms with Gasteiger partial charge in [-0.05, 0) is 37.5 Å². The standard InChI is InChI=1S/C16H19ClN2O4/c1-10-12(17)5-2-6-13(10)18-14(20)8-15(21)19-7-3-4-11(9-19)16(22)23/h2,5-6,11H,3-4,7-9H2,1H3,(H,18,20)(H,22,23). The van der Waals surface area contributed by atoms with Crippen molar-refractivity contribution in [2.45, 2.75) is 26.2 Å². The van der Waals surface area contributed by atoms with E-state index in [-0.39, 0.29) is 18.9 Å². The molecule has 2 amide bonds. The van der Waals surface area contributed by atoms with Gasteiger partial charge in [0, 0.05) is 23.8 Å². The number of carboxylic acids is 1. The molecule has 0 spiro atoms. The van der Waals surface area contributed by atoms with Crippen LogP contribution in [0, 0.1) is 12.8 Å². The highest BCUT2D eigenvalue weighted by Gasteiger charge is 2.28. The molecule has 1 unspecified atom stereocenters. The molecule has 1 aliphatic rings. The van der Waals surface area contributed by atoms with Crippen molar-refractivity contribution in [1.29, 1.82) is 0 Å². The number of amides is 2. The highest BCUT2D eigenvalue weighted by molar-refractivity contribution is 6.31. The average Bonchev–Trinajstić information content (AvgIpc) is 2.52. The lowest BCUT2D eigenvalue weighted by Gasteiger charge is -2.30. The van der Waals surface area contributed by atoms with Crippen LogP contribution < -0.4 is 5.32 Å². The normalized spacial score (nSPS) is 17.7. The summed E-state index contributed by atoms with van der Waals surface area (Å²) in [6.07, 6.45) is 0.892. The number of hydrogen-bond donors (Lipinski definition) is 2. The molecule has 0 bridgehead atoms. The van der Waals surface area contributed by atoms with Crippen LogP contribution >= 0.6 is 11.6 Å². The van der Waals surface area contributed by atoms with Gasteiger partial charge >= 0.3 is 5.97 Å². The third-order valence-corrected chi connectivity index (χ3v) is 4.39. The van der Waals surface area contributed by atoms with E-state index >= 15 is 0 Å². The van der Waals surface area contributed by atoms with Crippen molar-refractivity contribution >= 4 is 35.1 Å². The summed E-state index contributed by atoms with van der Waals surface area (Å²) in [4.78, 5) is 36.7. The van der Waals surface area contributed by atoms with Crippen molar-refractivity contribution < 1.29 is 19.5 Å². The smallest absolute Gasteiger partial charge is 0.308 e. The first kappa shape index (κ1) is 17.3. The van der Waals surface area contributed by atoms with Gasteiger partial charge in [0.25, 0.3) is 0 Å². The molecule has 0 aliphatic carbocycles. The van der Waals surface area contributed by atoms with Gasteiger partial charge in [-0.25, -0.2) is 0 Å². The summed E-state index contributed by atoms with van der Waals surface area (Å²) in [5, 5.41) is 12.2. The number of rotatable bonds is 4. The van der Waals surface area contributed by atoms with Crippen molar-refractivity contribution in [3.05, 3.63) is 28.8 Å². The van der Waals surface area contributed by atoms with Crippen molar-refractivity contribution in [2.75, 3.05) is 18.4 Å². The van der Waals surface area contributed by atoms with Gasteiger partial charge in [-0.2, -0.15) is 0 Å². The van der Waals surface area contributed by atoms with Crippen molar-refractivity contribution in [3.63, 3.8) is 0 Å². The predicted molar refractivity (Wildman–Crippen MR) is 86.4 cm³/mol. The Morgan fingerprint density at radius 3 is 2.83 bits per heavy atom. The van der Waals surface area contributed by atoms with Gasteiger partial charge in [-0.1, -0.05) is 17.7 Å². The Morgan fingerprint density at radius 1 is 1.39 bits per heavy atom. The van der Waals surface area contributed by atoms with E-state index in [2.05, 4.69) is 5.32 Å². The molecule has 2 N–H and O–H groups in total. The number of carbonyl (C=O) groups is 3. The third kappa shape index (κ3) is 4.45. The van der Waals surface area contributed by atoms with Crippen molar-refractivity contribution in [1.82, 2.24) is 4.90 Å². The molecule has 1 aliphatic heterocycles. The van der Waals surface area contributed by atoms with Gasteiger partial charge in [-0.3, -0.25) is 14.4 Å². The number of aliphatic carboxylic acids is 1. The summed E-state index contributed by atoms with van der Waals surface area (Å²) in [6.45, 7) is 2.44. The Bertz CT molecular complexity index is 633. The Kier molecular flexibility index (Phi) is 5.60. The van der Waals surface area contributed by atoms with Crippen LogP contribution in [0.2, 0.25) is 5.02 Å². The summed E-state index contributed by atoms with van der Waals surface area (Å²) in [7, 11) is 0. The van der Waals surface area contributed by atoms with Gasteiger partial charge in [0.2, 0.25) is 11.8 Å². The first-order chi connectivity index (χ1) is 10.9. The predicted octanol–water partition coefficient (Wildman–Crippen LogP) is 2.30. The maximum Gasteiger partial charge on any atom is 0.308 e. The maximum absolute atomic E-state index is 12.2. The molecule has 23 heavy (non-hydrogen) atoms. The van der Waals surface area contributed by atoms with Crippen LogP contribution in [0.4, 0.5) is 5.69 Å².